The first kappa shape index (κ1) is 13.9. The highest BCUT2D eigenvalue weighted by atomic mass is 16.5. The third-order valence-corrected chi connectivity index (χ3v) is 3.99. The van der Waals surface area contributed by atoms with Crippen LogP contribution in [0, 0.1) is 0 Å². The van der Waals surface area contributed by atoms with E-state index in [2.05, 4.69) is 0 Å². The molecule has 1 saturated carbocycles. The number of carboxylic acid groups (broad SMARTS) is 1. The maximum Gasteiger partial charge on any atom is 0.314 e. The average Bonchev–Trinajstić information content (AvgIpc) is 2.89. The predicted octanol–water partition coefficient (Wildman–Crippen LogP) is 2.74. The van der Waals surface area contributed by atoms with E-state index in [-0.39, 0.29) is 0 Å². The van der Waals surface area contributed by atoms with Crippen LogP contribution in [0.25, 0.3) is 0 Å². The lowest BCUT2D eigenvalue weighted by atomic mass is 9.76. The molecule has 0 spiro atoms. The van der Waals surface area contributed by atoms with E-state index in [1.807, 2.05) is 18.2 Å². The van der Waals surface area contributed by atoms with Crippen LogP contribution in [0.3, 0.4) is 0 Å². The molecule has 0 bridgehead atoms. The van der Waals surface area contributed by atoms with Crippen LogP contribution in [0.1, 0.15) is 36.8 Å². The van der Waals surface area contributed by atoms with E-state index in [9.17, 15) is 9.90 Å². The molecule has 4 nitrogen and oxygen atoms in total. The summed E-state index contributed by atoms with van der Waals surface area (Å²) in [4.78, 5) is 11.8. The third-order valence-electron chi connectivity index (χ3n) is 3.99. The Kier molecular flexibility index (Phi) is 4.10. The van der Waals surface area contributed by atoms with E-state index in [1.165, 1.54) is 0 Å². The van der Waals surface area contributed by atoms with Gasteiger partial charge in [-0.3, -0.25) is 4.79 Å². The van der Waals surface area contributed by atoms with E-state index >= 15 is 0 Å². The van der Waals surface area contributed by atoms with Crippen molar-refractivity contribution < 1.29 is 19.4 Å². The normalized spacial score (nSPS) is 17.4. The molecule has 1 fully saturated rings. The lowest BCUT2D eigenvalue weighted by molar-refractivity contribution is -0.143. The number of carbonyl (C=O) groups is 1. The van der Waals surface area contributed by atoms with Crippen molar-refractivity contribution in [1.82, 2.24) is 0 Å². The average molecular weight is 264 g/mol. The SMILES string of the molecule is COCc1cc(OC)ccc1C1(C(=O)O)CCCC1. The second-order valence-electron chi connectivity index (χ2n) is 5.05. The van der Waals surface area contributed by atoms with Crippen molar-refractivity contribution >= 4 is 5.97 Å². The first-order valence-corrected chi connectivity index (χ1v) is 6.54. The van der Waals surface area contributed by atoms with Gasteiger partial charge in [0.25, 0.3) is 0 Å². The van der Waals surface area contributed by atoms with Crippen LogP contribution in [-0.4, -0.2) is 25.3 Å². The van der Waals surface area contributed by atoms with Gasteiger partial charge >= 0.3 is 5.97 Å². The van der Waals surface area contributed by atoms with Gasteiger partial charge in [0.15, 0.2) is 0 Å². The number of carboxylic acids is 1. The first-order chi connectivity index (χ1) is 9.14. The van der Waals surface area contributed by atoms with Crippen LogP contribution < -0.4 is 4.74 Å². The second kappa shape index (κ2) is 5.61. The molecule has 1 aromatic rings. The molecule has 0 atom stereocenters. The molecule has 0 aliphatic heterocycles. The zero-order valence-corrected chi connectivity index (χ0v) is 11.4. The summed E-state index contributed by atoms with van der Waals surface area (Å²) in [7, 11) is 3.22. The van der Waals surface area contributed by atoms with Gasteiger partial charge in [-0.2, -0.15) is 0 Å². The van der Waals surface area contributed by atoms with Gasteiger partial charge in [-0.15, -0.1) is 0 Å². The Labute approximate surface area is 113 Å². The molecule has 1 aromatic carbocycles. The quantitative estimate of drug-likeness (QED) is 0.888. The second-order valence-corrected chi connectivity index (χ2v) is 5.05. The van der Waals surface area contributed by atoms with Gasteiger partial charge < -0.3 is 14.6 Å². The van der Waals surface area contributed by atoms with Gasteiger partial charge in [0.1, 0.15) is 5.75 Å². The summed E-state index contributed by atoms with van der Waals surface area (Å²) < 4.78 is 10.4. The van der Waals surface area contributed by atoms with Crippen molar-refractivity contribution in [1.29, 1.82) is 0 Å². The van der Waals surface area contributed by atoms with Crippen molar-refractivity contribution in [2.75, 3.05) is 14.2 Å². The van der Waals surface area contributed by atoms with Gasteiger partial charge in [0.05, 0.1) is 19.1 Å². The predicted molar refractivity (Wildman–Crippen MR) is 71.5 cm³/mol. The standard InChI is InChI=1S/C15H20O4/c1-18-10-11-9-12(19-2)5-6-13(11)15(14(16)17)7-3-4-8-15/h5-6,9H,3-4,7-8,10H2,1-2H3,(H,16,17). The Morgan fingerprint density at radius 1 is 1.32 bits per heavy atom. The van der Waals surface area contributed by atoms with Crippen molar-refractivity contribution in [3.05, 3.63) is 29.3 Å². The molecule has 0 amide bonds. The van der Waals surface area contributed by atoms with E-state index < -0.39 is 11.4 Å². The van der Waals surface area contributed by atoms with Gasteiger partial charge in [0.2, 0.25) is 0 Å². The summed E-state index contributed by atoms with van der Waals surface area (Å²) in [5.74, 6) is 0.00172. The van der Waals surface area contributed by atoms with Gasteiger partial charge in [-0.1, -0.05) is 18.9 Å². The lowest BCUT2D eigenvalue weighted by Gasteiger charge is -2.27. The number of ether oxygens (including phenoxy) is 2. The fraction of sp³-hybridized carbons (Fsp3) is 0.533. The summed E-state index contributed by atoms with van der Waals surface area (Å²) in [6, 6.07) is 5.59. The van der Waals surface area contributed by atoms with E-state index in [0.29, 0.717) is 19.4 Å². The molecule has 2 rings (SSSR count). The van der Waals surface area contributed by atoms with Gasteiger partial charge in [0, 0.05) is 7.11 Å². The smallest absolute Gasteiger partial charge is 0.314 e. The fourth-order valence-corrected chi connectivity index (χ4v) is 3.02. The molecule has 1 aliphatic rings. The van der Waals surface area contributed by atoms with Crippen molar-refractivity contribution in [3.63, 3.8) is 0 Å². The third kappa shape index (κ3) is 2.45. The van der Waals surface area contributed by atoms with Crippen molar-refractivity contribution in [2.24, 2.45) is 0 Å². The molecular formula is C15H20O4. The molecular weight excluding hydrogens is 244 g/mol. The molecule has 0 saturated heterocycles. The monoisotopic (exact) mass is 264 g/mol. The lowest BCUT2D eigenvalue weighted by Crippen LogP contribution is -2.33. The molecule has 0 aromatic heterocycles. The van der Waals surface area contributed by atoms with Crippen molar-refractivity contribution in [2.45, 2.75) is 37.7 Å². The Bertz CT molecular complexity index is 461. The van der Waals surface area contributed by atoms with E-state index in [1.54, 1.807) is 14.2 Å². The van der Waals surface area contributed by atoms with Crippen LogP contribution in [0.2, 0.25) is 0 Å². The topological polar surface area (TPSA) is 55.8 Å². The van der Waals surface area contributed by atoms with Crippen LogP contribution in [0.5, 0.6) is 5.75 Å². The zero-order valence-electron chi connectivity index (χ0n) is 11.4. The highest BCUT2D eigenvalue weighted by Crippen LogP contribution is 2.43. The maximum absolute atomic E-state index is 11.8. The summed E-state index contributed by atoms with van der Waals surface area (Å²) in [5, 5.41) is 9.66. The number of rotatable bonds is 5. The minimum absolute atomic E-state index is 0.404. The number of aliphatic carboxylic acids is 1. The molecule has 4 heteroatoms. The maximum atomic E-state index is 11.8. The molecule has 19 heavy (non-hydrogen) atoms. The minimum atomic E-state index is -0.750. The Balaban J connectivity index is 2.50. The van der Waals surface area contributed by atoms with E-state index in [0.717, 1.165) is 29.7 Å². The number of hydrogen-bond acceptors (Lipinski definition) is 3. The summed E-state index contributed by atoms with van der Waals surface area (Å²) in [5.41, 5.74) is 1.03. The summed E-state index contributed by atoms with van der Waals surface area (Å²) in [6.07, 6.45) is 3.33. The van der Waals surface area contributed by atoms with Gasteiger partial charge in [-0.25, -0.2) is 0 Å². The van der Waals surface area contributed by atoms with Crippen LogP contribution in [-0.2, 0) is 21.6 Å². The summed E-state index contributed by atoms with van der Waals surface area (Å²) >= 11 is 0. The highest BCUT2D eigenvalue weighted by Gasteiger charge is 2.44. The fourth-order valence-electron chi connectivity index (χ4n) is 3.02. The Hall–Kier alpha value is -1.55. The van der Waals surface area contributed by atoms with Crippen molar-refractivity contribution in [3.8, 4) is 5.75 Å². The number of benzene rings is 1. The molecule has 104 valence electrons. The van der Waals surface area contributed by atoms with Crippen LogP contribution >= 0.6 is 0 Å². The largest absolute Gasteiger partial charge is 0.497 e. The van der Waals surface area contributed by atoms with E-state index in [4.69, 9.17) is 9.47 Å². The van der Waals surface area contributed by atoms with Crippen LogP contribution in [0.15, 0.2) is 18.2 Å². The molecule has 0 unspecified atom stereocenters. The minimum Gasteiger partial charge on any atom is -0.497 e. The first-order valence-electron chi connectivity index (χ1n) is 6.54. The molecule has 0 heterocycles. The number of hydrogen-bond donors (Lipinski definition) is 1. The number of methoxy groups -OCH3 is 2. The van der Waals surface area contributed by atoms with Gasteiger partial charge in [-0.05, 0) is 36.1 Å². The summed E-state index contributed by atoms with van der Waals surface area (Å²) in [6.45, 7) is 0.404. The molecule has 1 N–H and O–H groups in total. The van der Waals surface area contributed by atoms with Crippen LogP contribution in [0.4, 0.5) is 0 Å². The highest BCUT2D eigenvalue weighted by molar-refractivity contribution is 5.82. The Morgan fingerprint density at radius 2 is 2.00 bits per heavy atom. The molecule has 1 aliphatic carbocycles. The Morgan fingerprint density at radius 3 is 2.53 bits per heavy atom. The zero-order chi connectivity index (χ0) is 13.9. The molecule has 0 radical (unpaired) electrons.